The second-order valence-corrected chi connectivity index (χ2v) is 4.03. The highest BCUT2D eigenvalue weighted by atomic mass is 16.5. The Morgan fingerprint density at radius 1 is 1.58 bits per heavy atom. The van der Waals surface area contributed by atoms with Gasteiger partial charge in [0.05, 0.1) is 6.61 Å². The smallest absolute Gasteiger partial charge is 0.0537 e. The van der Waals surface area contributed by atoms with Crippen LogP contribution in [0.2, 0.25) is 0 Å². The second kappa shape index (κ2) is 4.24. The summed E-state index contributed by atoms with van der Waals surface area (Å²) < 4.78 is 5.52. The van der Waals surface area contributed by atoms with E-state index in [0.717, 1.165) is 19.8 Å². The van der Waals surface area contributed by atoms with E-state index < -0.39 is 0 Å². The maximum absolute atomic E-state index is 5.83. The van der Waals surface area contributed by atoms with Gasteiger partial charge >= 0.3 is 0 Å². The van der Waals surface area contributed by atoms with E-state index in [-0.39, 0.29) is 5.41 Å². The highest BCUT2D eigenvalue weighted by Crippen LogP contribution is 2.36. The largest absolute Gasteiger partial charge is 0.381 e. The average Bonchev–Trinajstić information content (AvgIpc) is 2.17. The molecule has 0 aliphatic carbocycles. The first kappa shape index (κ1) is 10.0. The Labute approximate surface area is 75.5 Å². The van der Waals surface area contributed by atoms with E-state index >= 15 is 0 Å². The van der Waals surface area contributed by atoms with E-state index in [4.69, 9.17) is 10.5 Å². The lowest BCUT2D eigenvalue weighted by Crippen LogP contribution is -2.43. The summed E-state index contributed by atoms with van der Waals surface area (Å²) >= 11 is 0. The topological polar surface area (TPSA) is 35.2 Å². The molecule has 2 N–H and O–H groups in total. The molecule has 12 heavy (non-hydrogen) atoms. The molecule has 1 rings (SSSR count). The first-order valence-corrected chi connectivity index (χ1v) is 5.03. The maximum atomic E-state index is 5.83. The molecule has 0 aromatic rings. The van der Waals surface area contributed by atoms with Crippen molar-refractivity contribution in [3.8, 4) is 0 Å². The lowest BCUT2D eigenvalue weighted by Gasteiger charge is -2.40. The van der Waals surface area contributed by atoms with Crippen LogP contribution in [0, 0.1) is 11.3 Å². The quantitative estimate of drug-likeness (QED) is 0.702. The highest BCUT2D eigenvalue weighted by Gasteiger charge is 2.35. The van der Waals surface area contributed by atoms with Crippen molar-refractivity contribution in [2.45, 2.75) is 33.1 Å². The van der Waals surface area contributed by atoms with Crippen molar-refractivity contribution in [3.05, 3.63) is 0 Å². The van der Waals surface area contributed by atoms with Gasteiger partial charge in [0.15, 0.2) is 0 Å². The molecule has 0 saturated carbocycles. The summed E-state index contributed by atoms with van der Waals surface area (Å²) in [6, 6.07) is 0. The molecule has 1 saturated heterocycles. The molecule has 72 valence electrons. The van der Waals surface area contributed by atoms with Gasteiger partial charge in [-0.2, -0.15) is 0 Å². The number of ether oxygens (including phenoxy) is 1. The van der Waals surface area contributed by atoms with E-state index in [2.05, 4.69) is 13.8 Å². The molecule has 0 aromatic heterocycles. The number of hydrogen-bond acceptors (Lipinski definition) is 2. The van der Waals surface area contributed by atoms with Crippen molar-refractivity contribution in [2.75, 3.05) is 19.8 Å². The van der Waals surface area contributed by atoms with Crippen LogP contribution >= 0.6 is 0 Å². The Balaban J connectivity index is 2.59. The van der Waals surface area contributed by atoms with Crippen LogP contribution < -0.4 is 5.73 Å². The van der Waals surface area contributed by atoms with E-state index in [9.17, 15) is 0 Å². The lowest BCUT2D eigenvalue weighted by molar-refractivity contribution is -0.0336. The molecular formula is C10H21NO. The molecule has 1 aliphatic heterocycles. The molecule has 1 heterocycles. The van der Waals surface area contributed by atoms with E-state index in [1.54, 1.807) is 0 Å². The Hall–Kier alpha value is -0.0800. The highest BCUT2D eigenvalue weighted by molar-refractivity contribution is 4.86. The minimum atomic E-state index is 0.285. The van der Waals surface area contributed by atoms with Gasteiger partial charge in [0.25, 0.3) is 0 Å². The van der Waals surface area contributed by atoms with Crippen LogP contribution in [-0.2, 0) is 4.74 Å². The van der Waals surface area contributed by atoms with Crippen molar-refractivity contribution in [1.82, 2.24) is 0 Å². The summed E-state index contributed by atoms with van der Waals surface area (Å²) in [4.78, 5) is 0. The fourth-order valence-corrected chi connectivity index (χ4v) is 2.06. The zero-order chi connectivity index (χ0) is 9.03. The Morgan fingerprint density at radius 2 is 2.33 bits per heavy atom. The van der Waals surface area contributed by atoms with Gasteiger partial charge in [-0.1, -0.05) is 20.3 Å². The standard InChI is InChI=1S/C10H21NO/c1-3-9(2)10(7-11)5-4-6-12-8-10/h9H,3-8,11H2,1-2H3. The number of rotatable bonds is 3. The molecule has 1 aliphatic rings. The van der Waals surface area contributed by atoms with Crippen LogP contribution in [0.5, 0.6) is 0 Å². The Bertz CT molecular complexity index is 130. The molecular weight excluding hydrogens is 150 g/mol. The lowest BCUT2D eigenvalue weighted by atomic mass is 9.71. The molecule has 2 atom stereocenters. The SMILES string of the molecule is CCC(C)C1(CN)CCCOC1. The third-order valence-electron chi connectivity index (χ3n) is 3.42. The molecule has 0 aromatic carbocycles. The van der Waals surface area contributed by atoms with Gasteiger partial charge in [-0.25, -0.2) is 0 Å². The van der Waals surface area contributed by atoms with Crippen LogP contribution in [-0.4, -0.2) is 19.8 Å². The monoisotopic (exact) mass is 171 g/mol. The first-order chi connectivity index (χ1) is 5.75. The van der Waals surface area contributed by atoms with Crippen LogP contribution in [0.3, 0.4) is 0 Å². The Morgan fingerprint density at radius 3 is 2.75 bits per heavy atom. The van der Waals surface area contributed by atoms with Crippen LogP contribution in [0.25, 0.3) is 0 Å². The summed E-state index contributed by atoms with van der Waals surface area (Å²) in [6.07, 6.45) is 3.64. The van der Waals surface area contributed by atoms with Crippen molar-refractivity contribution in [2.24, 2.45) is 17.1 Å². The van der Waals surface area contributed by atoms with Crippen LogP contribution in [0.15, 0.2) is 0 Å². The van der Waals surface area contributed by atoms with E-state index in [1.807, 2.05) is 0 Å². The number of hydrogen-bond donors (Lipinski definition) is 1. The second-order valence-electron chi connectivity index (χ2n) is 4.03. The van der Waals surface area contributed by atoms with E-state index in [1.165, 1.54) is 19.3 Å². The molecule has 0 spiro atoms. The van der Waals surface area contributed by atoms with Crippen LogP contribution in [0.4, 0.5) is 0 Å². The van der Waals surface area contributed by atoms with Crippen molar-refractivity contribution in [1.29, 1.82) is 0 Å². The third-order valence-corrected chi connectivity index (χ3v) is 3.42. The normalized spacial score (nSPS) is 33.2. The fraction of sp³-hybridized carbons (Fsp3) is 1.00. The summed E-state index contributed by atoms with van der Waals surface area (Å²) in [6.45, 7) is 7.11. The summed E-state index contributed by atoms with van der Waals surface area (Å²) in [7, 11) is 0. The predicted molar refractivity (Wildman–Crippen MR) is 51.0 cm³/mol. The number of nitrogens with two attached hydrogens (primary N) is 1. The van der Waals surface area contributed by atoms with Gasteiger partial charge in [-0.15, -0.1) is 0 Å². The van der Waals surface area contributed by atoms with Crippen molar-refractivity contribution in [3.63, 3.8) is 0 Å². The van der Waals surface area contributed by atoms with Crippen molar-refractivity contribution >= 4 is 0 Å². The minimum absolute atomic E-state index is 0.285. The van der Waals surface area contributed by atoms with Crippen molar-refractivity contribution < 1.29 is 4.74 Å². The minimum Gasteiger partial charge on any atom is -0.381 e. The first-order valence-electron chi connectivity index (χ1n) is 5.03. The molecule has 2 unspecified atom stereocenters. The average molecular weight is 171 g/mol. The molecule has 1 fully saturated rings. The van der Waals surface area contributed by atoms with Gasteiger partial charge < -0.3 is 10.5 Å². The van der Waals surface area contributed by atoms with Gasteiger partial charge in [0, 0.05) is 18.6 Å². The molecule has 0 amide bonds. The zero-order valence-corrected chi connectivity index (χ0v) is 8.31. The fourth-order valence-electron chi connectivity index (χ4n) is 2.06. The summed E-state index contributed by atoms with van der Waals surface area (Å²) in [5.41, 5.74) is 6.12. The summed E-state index contributed by atoms with van der Waals surface area (Å²) in [5, 5.41) is 0. The third kappa shape index (κ3) is 1.80. The predicted octanol–water partition coefficient (Wildman–Crippen LogP) is 1.79. The van der Waals surface area contributed by atoms with Gasteiger partial charge in [0.1, 0.15) is 0 Å². The van der Waals surface area contributed by atoms with E-state index in [0.29, 0.717) is 5.92 Å². The molecule has 2 nitrogen and oxygen atoms in total. The molecule has 0 bridgehead atoms. The summed E-state index contributed by atoms with van der Waals surface area (Å²) in [5.74, 6) is 0.697. The van der Waals surface area contributed by atoms with Gasteiger partial charge in [-0.3, -0.25) is 0 Å². The van der Waals surface area contributed by atoms with Crippen LogP contribution in [0.1, 0.15) is 33.1 Å². The molecule has 2 heteroatoms. The maximum Gasteiger partial charge on any atom is 0.0537 e. The Kier molecular flexibility index (Phi) is 3.53. The molecule has 0 radical (unpaired) electrons. The van der Waals surface area contributed by atoms with Gasteiger partial charge in [-0.05, 0) is 18.8 Å². The van der Waals surface area contributed by atoms with Gasteiger partial charge in [0.2, 0.25) is 0 Å². The zero-order valence-electron chi connectivity index (χ0n) is 8.31.